The van der Waals surface area contributed by atoms with Crippen molar-refractivity contribution in [2.75, 3.05) is 31.2 Å². The number of carbonyl (C=O) groups is 1. The molecule has 1 aromatic carbocycles. The lowest BCUT2D eigenvalue weighted by atomic mass is 10.0. The third-order valence-electron chi connectivity index (χ3n) is 3.87. The van der Waals surface area contributed by atoms with Crippen molar-refractivity contribution in [1.29, 1.82) is 0 Å². The van der Waals surface area contributed by atoms with E-state index in [1.54, 1.807) is 13.0 Å². The molecule has 3 rings (SSSR count). The number of rotatable bonds is 3. The highest BCUT2D eigenvalue weighted by molar-refractivity contribution is 5.75. The molecule has 23 heavy (non-hydrogen) atoms. The summed E-state index contributed by atoms with van der Waals surface area (Å²) >= 11 is 0. The van der Waals surface area contributed by atoms with Gasteiger partial charge in [0, 0.05) is 24.3 Å². The number of nitrogens with zero attached hydrogens (tertiary/aromatic N) is 2. The number of aldehydes is 1. The van der Waals surface area contributed by atoms with Gasteiger partial charge >= 0.3 is 0 Å². The Morgan fingerprint density at radius 1 is 1.17 bits per heavy atom. The average Bonchev–Trinajstić information content (AvgIpc) is 2.56. The highest BCUT2D eigenvalue weighted by atomic mass is 19.1. The first-order valence-electron chi connectivity index (χ1n) is 7.35. The van der Waals surface area contributed by atoms with Crippen LogP contribution in [-0.4, -0.2) is 37.6 Å². The number of pyridine rings is 1. The van der Waals surface area contributed by atoms with Gasteiger partial charge in [-0.2, -0.15) is 0 Å². The summed E-state index contributed by atoms with van der Waals surface area (Å²) < 4.78 is 33.9. The van der Waals surface area contributed by atoms with E-state index in [-0.39, 0.29) is 17.0 Å². The van der Waals surface area contributed by atoms with Gasteiger partial charge in [-0.1, -0.05) is 0 Å². The van der Waals surface area contributed by atoms with E-state index >= 15 is 0 Å². The first-order chi connectivity index (χ1) is 11.1. The van der Waals surface area contributed by atoms with E-state index < -0.39 is 11.6 Å². The summed E-state index contributed by atoms with van der Waals surface area (Å²) in [7, 11) is 0. The van der Waals surface area contributed by atoms with E-state index in [4.69, 9.17) is 4.74 Å². The van der Waals surface area contributed by atoms with Gasteiger partial charge in [-0.3, -0.25) is 4.79 Å². The van der Waals surface area contributed by atoms with Gasteiger partial charge in [-0.25, -0.2) is 13.8 Å². The molecule has 0 bridgehead atoms. The van der Waals surface area contributed by atoms with Crippen LogP contribution in [0, 0.1) is 18.6 Å². The summed E-state index contributed by atoms with van der Waals surface area (Å²) in [6.07, 6.45) is 0.512. The molecular weight excluding hydrogens is 302 g/mol. The summed E-state index contributed by atoms with van der Waals surface area (Å²) in [5, 5.41) is 0. The largest absolute Gasteiger partial charge is 0.378 e. The summed E-state index contributed by atoms with van der Waals surface area (Å²) in [5.74, 6) is -1.21. The Kier molecular flexibility index (Phi) is 4.34. The fraction of sp³-hybridized carbons (Fsp3) is 0.294. The molecule has 0 atom stereocenters. The Hall–Kier alpha value is -2.34. The van der Waals surface area contributed by atoms with Crippen molar-refractivity contribution in [3.63, 3.8) is 0 Å². The number of aromatic nitrogens is 1. The molecular formula is C17H16F2N2O2. The second-order valence-corrected chi connectivity index (χ2v) is 5.40. The molecule has 6 heteroatoms. The molecule has 0 amide bonds. The molecule has 0 aliphatic carbocycles. The fourth-order valence-corrected chi connectivity index (χ4v) is 2.73. The lowest BCUT2D eigenvalue weighted by Gasteiger charge is -2.29. The van der Waals surface area contributed by atoms with Gasteiger partial charge in [0.05, 0.1) is 13.2 Å². The number of hydrogen-bond donors (Lipinski definition) is 0. The zero-order chi connectivity index (χ0) is 16.4. The number of benzene rings is 1. The SMILES string of the molecule is Cc1cc(N2CCOCC2)cc(F)c1-c1nc(C=O)ccc1F. The van der Waals surface area contributed by atoms with Crippen molar-refractivity contribution < 1.29 is 18.3 Å². The molecule has 1 saturated heterocycles. The standard InChI is InChI=1S/C17H16F2N2O2/c1-11-8-13(21-4-6-23-7-5-21)9-15(19)16(11)17-14(18)3-2-12(10-22)20-17/h2-3,8-10H,4-7H2,1H3. The third-order valence-corrected chi connectivity index (χ3v) is 3.87. The summed E-state index contributed by atoms with van der Waals surface area (Å²) in [5.41, 5.74) is 1.32. The van der Waals surface area contributed by atoms with Crippen LogP contribution < -0.4 is 4.90 Å². The highest BCUT2D eigenvalue weighted by Gasteiger charge is 2.19. The lowest BCUT2D eigenvalue weighted by molar-refractivity contribution is 0.111. The Morgan fingerprint density at radius 3 is 2.57 bits per heavy atom. The normalized spacial score (nSPS) is 14.8. The topological polar surface area (TPSA) is 42.4 Å². The van der Waals surface area contributed by atoms with E-state index in [0.29, 0.717) is 38.2 Å². The molecule has 1 fully saturated rings. The Labute approximate surface area is 132 Å². The molecule has 1 aliphatic rings. The van der Waals surface area contributed by atoms with Crippen molar-refractivity contribution in [3.8, 4) is 11.3 Å². The highest BCUT2D eigenvalue weighted by Crippen LogP contribution is 2.31. The number of anilines is 1. The van der Waals surface area contributed by atoms with Crippen LogP contribution in [0.5, 0.6) is 0 Å². The quantitative estimate of drug-likeness (QED) is 0.816. The molecule has 0 radical (unpaired) electrons. The van der Waals surface area contributed by atoms with Gasteiger partial charge in [0.1, 0.15) is 23.0 Å². The number of aryl methyl sites for hydroxylation is 1. The molecule has 2 aromatic rings. The Bertz CT molecular complexity index is 720. The van der Waals surface area contributed by atoms with Crippen molar-refractivity contribution >= 4 is 12.0 Å². The van der Waals surface area contributed by atoms with E-state index in [0.717, 1.165) is 11.8 Å². The summed E-state index contributed by atoms with van der Waals surface area (Å²) in [6, 6.07) is 5.57. The first kappa shape index (κ1) is 15.6. The average molecular weight is 318 g/mol. The number of morpholine rings is 1. The van der Waals surface area contributed by atoms with Gasteiger partial charge < -0.3 is 9.64 Å². The van der Waals surface area contributed by atoms with Crippen molar-refractivity contribution in [1.82, 2.24) is 4.98 Å². The molecule has 0 saturated carbocycles. The minimum Gasteiger partial charge on any atom is -0.378 e. The van der Waals surface area contributed by atoms with Crippen LogP contribution in [-0.2, 0) is 4.74 Å². The van der Waals surface area contributed by atoms with Crippen LogP contribution in [0.15, 0.2) is 24.3 Å². The predicted molar refractivity (Wildman–Crippen MR) is 82.7 cm³/mol. The third kappa shape index (κ3) is 3.07. The maximum Gasteiger partial charge on any atom is 0.168 e. The van der Waals surface area contributed by atoms with Crippen LogP contribution >= 0.6 is 0 Å². The van der Waals surface area contributed by atoms with E-state index in [1.165, 1.54) is 12.1 Å². The van der Waals surface area contributed by atoms with Gasteiger partial charge in [0.25, 0.3) is 0 Å². The zero-order valence-electron chi connectivity index (χ0n) is 12.7. The maximum absolute atomic E-state index is 14.6. The fourth-order valence-electron chi connectivity index (χ4n) is 2.73. The molecule has 1 aliphatic heterocycles. The van der Waals surface area contributed by atoms with Crippen LogP contribution in [0.25, 0.3) is 11.3 Å². The van der Waals surface area contributed by atoms with E-state index in [2.05, 4.69) is 4.98 Å². The maximum atomic E-state index is 14.6. The Morgan fingerprint density at radius 2 is 1.91 bits per heavy atom. The zero-order valence-corrected chi connectivity index (χ0v) is 12.7. The van der Waals surface area contributed by atoms with Gasteiger partial charge in [0.15, 0.2) is 6.29 Å². The molecule has 0 N–H and O–H groups in total. The summed E-state index contributed by atoms with van der Waals surface area (Å²) in [6.45, 7) is 4.27. The molecule has 0 unspecified atom stereocenters. The number of hydrogen-bond acceptors (Lipinski definition) is 4. The number of carbonyl (C=O) groups excluding carboxylic acids is 1. The predicted octanol–water partition coefficient (Wildman–Crippen LogP) is 2.98. The molecule has 120 valence electrons. The molecule has 4 nitrogen and oxygen atoms in total. The van der Waals surface area contributed by atoms with E-state index in [9.17, 15) is 13.6 Å². The van der Waals surface area contributed by atoms with Crippen molar-refractivity contribution in [2.45, 2.75) is 6.92 Å². The monoisotopic (exact) mass is 318 g/mol. The molecule has 1 aromatic heterocycles. The minimum absolute atomic E-state index is 0.0671. The van der Waals surface area contributed by atoms with Crippen LogP contribution in [0.2, 0.25) is 0 Å². The van der Waals surface area contributed by atoms with Gasteiger partial charge in [-0.15, -0.1) is 0 Å². The second kappa shape index (κ2) is 6.42. The van der Waals surface area contributed by atoms with Crippen LogP contribution in [0.4, 0.5) is 14.5 Å². The molecule has 2 heterocycles. The number of ether oxygens (including phenoxy) is 1. The minimum atomic E-state index is -0.656. The van der Waals surface area contributed by atoms with Gasteiger partial charge in [0.2, 0.25) is 0 Å². The first-order valence-corrected chi connectivity index (χ1v) is 7.35. The second-order valence-electron chi connectivity index (χ2n) is 5.40. The Balaban J connectivity index is 2.05. The van der Waals surface area contributed by atoms with Crippen molar-refractivity contribution in [2.24, 2.45) is 0 Å². The van der Waals surface area contributed by atoms with Crippen molar-refractivity contribution in [3.05, 3.63) is 47.2 Å². The lowest BCUT2D eigenvalue weighted by Crippen LogP contribution is -2.36. The van der Waals surface area contributed by atoms with E-state index in [1.807, 2.05) is 4.90 Å². The van der Waals surface area contributed by atoms with Crippen LogP contribution in [0.1, 0.15) is 16.1 Å². The smallest absolute Gasteiger partial charge is 0.168 e. The molecule has 0 spiro atoms. The number of halogens is 2. The summed E-state index contributed by atoms with van der Waals surface area (Å²) in [4.78, 5) is 16.8. The van der Waals surface area contributed by atoms with Gasteiger partial charge in [-0.05, 0) is 36.8 Å². The van der Waals surface area contributed by atoms with Crippen LogP contribution in [0.3, 0.4) is 0 Å².